The number of benzene rings is 3. The molecule has 0 saturated carbocycles. The summed E-state index contributed by atoms with van der Waals surface area (Å²) in [5, 5.41) is 11.4. The van der Waals surface area contributed by atoms with Crippen molar-refractivity contribution in [3.8, 4) is 11.5 Å². The van der Waals surface area contributed by atoms with E-state index in [9.17, 15) is 28.1 Å². The van der Waals surface area contributed by atoms with Crippen LogP contribution in [-0.2, 0) is 6.18 Å². The van der Waals surface area contributed by atoms with Crippen LogP contribution in [-0.4, -0.2) is 14.3 Å². The Hall–Kier alpha value is -3.29. The SMILES string of the molecule is O=c1/c(=C/c2cc(Br)c(Oc3ccc(C(F)(F)F)cc3[N+](=O)[O-])c(Br)c2)sc2nc3ccccc3n12. The maximum Gasteiger partial charge on any atom is 0.416 e. The summed E-state index contributed by atoms with van der Waals surface area (Å²) in [6, 6.07) is 12.6. The van der Waals surface area contributed by atoms with Gasteiger partial charge in [-0.25, -0.2) is 9.38 Å². The maximum atomic E-state index is 13.0. The van der Waals surface area contributed by atoms with E-state index in [2.05, 4.69) is 36.8 Å². The molecule has 0 N–H and O–H groups in total. The van der Waals surface area contributed by atoms with E-state index in [0.29, 0.717) is 41.7 Å². The number of nitro groups is 1. The molecule has 0 amide bonds. The monoisotopic (exact) mass is 639 g/mol. The van der Waals surface area contributed by atoms with Gasteiger partial charge >= 0.3 is 11.9 Å². The molecule has 0 saturated heterocycles. The molecule has 0 aliphatic rings. The van der Waals surface area contributed by atoms with Crippen molar-refractivity contribution in [1.29, 1.82) is 0 Å². The van der Waals surface area contributed by atoms with Gasteiger partial charge in [-0.15, -0.1) is 0 Å². The van der Waals surface area contributed by atoms with E-state index in [4.69, 9.17) is 4.74 Å². The lowest BCUT2D eigenvalue weighted by molar-refractivity contribution is -0.385. The van der Waals surface area contributed by atoms with Crippen LogP contribution in [0.15, 0.2) is 68.3 Å². The molecular weight excluding hydrogens is 631 g/mol. The first-order chi connectivity index (χ1) is 17.0. The van der Waals surface area contributed by atoms with Gasteiger partial charge in [-0.2, -0.15) is 13.2 Å². The molecule has 0 radical (unpaired) electrons. The molecule has 0 spiro atoms. The van der Waals surface area contributed by atoms with E-state index >= 15 is 0 Å². The second kappa shape index (κ2) is 8.98. The predicted octanol–water partition coefficient (Wildman–Crippen LogP) is 6.70. The zero-order valence-corrected chi connectivity index (χ0v) is 21.5. The highest BCUT2D eigenvalue weighted by molar-refractivity contribution is 9.11. The molecule has 0 bridgehead atoms. The zero-order chi connectivity index (χ0) is 25.8. The van der Waals surface area contributed by atoms with Gasteiger partial charge in [0.15, 0.2) is 10.7 Å². The van der Waals surface area contributed by atoms with Gasteiger partial charge in [0.25, 0.3) is 5.56 Å². The van der Waals surface area contributed by atoms with Crippen LogP contribution in [0.2, 0.25) is 0 Å². The minimum absolute atomic E-state index is 0.115. The number of hydrogen-bond donors (Lipinski definition) is 0. The molecule has 0 atom stereocenters. The van der Waals surface area contributed by atoms with E-state index in [0.717, 1.165) is 11.6 Å². The highest BCUT2D eigenvalue weighted by atomic mass is 79.9. The highest BCUT2D eigenvalue weighted by Crippen LogP contribution is 2.42. The lowest BCUT2D eigenvalue weighted by atomic mass is 10.1. The number of ether oxygens (including phenoxy) is 1. The molecule has 0 aliphatic carbocycles. The highest BCUT2D eigenvalue weighted by Gasteiger charge is 2.33. The van der Waals surface area contributed by atoms with Crippen molar-refractivity contribution in [2.24, 2.45) is 0 Å². The third kappa shape index (κ3) is 4.38. The number of nitrogens with zero attached hydrogens (tertiary/aromatic N) is 3. The number of aromatic nitrogens is 2. The van der Waals surface area contributed by atoms with Crippen molar-refractivity contribution >= 4 is 71.0 Å². The first-order valence-corrected chi connectivity index (χ1v) is 12.4. The fraction of sp³-hybridized carbons (Fsp3) is 0.0435. The Labute approximate surface area is 219 Å². The Bertz CT molecular complexity index is 1780. The van der Waals surface area contributed by atoms with Crippen molar-refractivity contribution in [3.05, 3.63) is 99.7 Å². The van der Waals surface area contributed by atoms with Crippen LogP contribution < -0.4 is 14.8 Å². The number of imidazole rings is 1. The van der Waals surface area contributed by atoms with Gasteiger partial charge in [0, 0.05) is 6.07 Å². The standard InChI is InChI=1S/C23H10Br2F3N3O4S/c24-13-7-11(9-19-21(32)30-16-4-2-1-3-15(16)29-22(30)36-19)8-14(25)20(13)35-18-6-5-12(23(26,27)28)10-17(18)31(33)34/h1-10H/b19-9-. The van der Waals surface area contributed by atoms with Gasteiger partial charge in [-0.1, -0.05) is 23.5 Å². The number of rotatable bonds is 4. The molecule has 2 aromatic heterocycles. The van der Waals surface area contributed by atoms with E-state index in [1.165, 1.54) is 15.7 Å². The lowest BCUT2D eigenvalue weighted by Gasteiger charge is -2.13. The predicted molar refractivity (Wildman–Crippen MR) is 136 cm³/mol. The van der Waals surface area contributed by atoms with Crippen LogP contribution in [0.25, 0.3) is 22.1 Å². The molecule has 3 aromatic carbocycles. The van der Waals surface area contributed by atoms with Crippen LogP contribution in [0.3, 0.4) is 0 Å². The number of halogens is 5. The van der Waals surface area contributed by atoms with Crippen LogP contribution in [0.4, 0.5) is 18.9 Å². The Balaban J connectivity index is 1.54. The van der Waals surface area contributed by atoms with E-state index in [1.807, 2.05) is 24.3 Å². The second-order valence-corrected chi connectivity index (χ2v) is 10.2. The number of para-hydroxylation sites is 2. The molecule has 0 aliphatic heterocycles. The first-order valence-electron chi connectivity index (χ1n) is 9.97. The van der Waals surface area contributed by atoms with Crippen LogP contribution in [0.1, 0.15) is 11.1 Å². The van der Waals surface area contributed by atoms with Crippen molar-refractivity contribution in [2.45, 2.75) is 6.18 Å². The molecule has 5 aromatic rings. The second-order valence-electron chi connectivity index (χ2n) is 7.49. The number of thiazole rings is 1. The molecular formula is C23H10Br2F3N3O4S. The third-order valence-corrected chi connectivity index (χ3v) is 7.31. The van der Waals surface area contributed by atoms with Crippen molar-refractivity contribution < 1.29 is 22.8 Å². The van der Waals surface area contributed by atoms with Crippen LogP contribution >= 0.6 is 43.2 Å². The summed E-state index contributed by atoms with van der Waals surface area (Å²) in [5.41, 5.74) is -0.183. The number of alkyl halides is 3. The minimum atomic E-state index is -4.74. The fourth-order valence-corrected chi connectivity index (χ4v) is 5.93. The summed E-state index contributed by atoms with van der Waals surface area (Å²) in [4.78, 5) is 28.5. The largest absolute Gasteiger partial charge is 0.448 e. The van der Waals surface area contributed by atoms with Crippen LogP contribution in [0, 0.1) is 10.1 Å². The number of fused-ring (bicyclic) bond motifs is 3. The van der Waals surface area contributed by atoms with Crippen molar-refractivity contribution in [3.63, 3.8) is 0 Å². The Morgan fingerprint density at radius 2 is 1.78 bits per heavy atom. The average molecular weight is 641 g/mol. The fourth-order valence-electron chi connectivity index (χ4n) is 3.56. The summed E-state index contributed by atoms with van der Waals surface area (Å²) in [7, 11) is 0. The van der Waals surface area contributed by atoms with Gasteiger partial charge in [0.05, 0.1) is 35.0 Å². The minimum Gasteiger partial charge on any atom is -0.448 e. The van der Waals surface area contributed by atoms with E-state index < -0.39 is 22.4 Å². The summed E-state index contributed by atoms with van der Waals surface area (Å²) in [6.07, 6.45) is -3.08. The zero-order valence-electron chi connectivity index (χ0n) is 17.5. The molecule has 0 fully saturated rings. The molecule has 0 unspecified atom stereocenters. The van der Waals surface area contributed by atoms with E-state index in [-0.39, 0.29) is 17.1 Å². The van der Waals surface area contributed by atoms with Crippen molar-refractivity contribution in [1.82, 2.24) is 9.38 Å². The van der Waals surface area contributed by atoms with Gasteiger partial charge < -0.3 is 4.74 Å². The normalized spacial score (nSPS) is 12.5. The molecule has 7 nitrogen and oxygen atoms in total. The number of hydrogen-bond acceptors (Lipinski definition) is 6. The van der Waals surface area contributed by atoms with Crippen LogP contribution in [0.5, 0.6) is 11.5 Å². The van der Waals surface area contributed by atoms with Gasteiger partial charge in [-0.3, -0.25) is 14.9 Å². The average Bonchev–Trinajstić information content (AvgIpc) is 3.31. The van der Waals surface area contributed by atoms with E-state index in [1.54, 1.807) is 18.2 Å². The molecule has 182 valence electrons. The van der Waals surface area contributed by atoms with Crippen molar-refractivity contribution in [2.75, 3.05) is 0 Å². The smallest absolute Gasteiger partial charge is 0.416 e. The topological polar surface area (TPSA) is 86.7 Å². The first kappa shape index (κ1) is 24.4. The lowest BCUT2D eigenvalue weighted by Crippen LogP contribution is -2.22. The Morgan fingerprint density at radius 1 is 1.08 bits per heavy atom. The Morgan fingerprint density at radius 3 is 2.44 bits per heavy atom. The number of nitro benzene ring substituents is 1. The Kier molecular flexibility index (Phi) is 6.09. The third-order valence-electron chi connectivity index (χ3n) is 5.16. The maximum absolute atomic E-state index is 13.0. The van der Waals surface area contributed by atoms with Gasteiger partial charge in [-0.05, 0) is 79.9 Å². The van der Waals surface area contributed by atoms with Gasteiger partial charge in [0.2, 0.25) is 5.75 Å². The molecule has 13 heteroatoms. The quantitative estimate of drug-likeness (QED) is 0.161. The summed E-state index contributed by atoms with van der Waals surface area (Å²) < 4.78 is 47.3. The summed E-state index contributed by atoms with van der Waals surface area (Å²) in [5.74, 6) is -0.247. The molecule has 36 heavy (non-hydrogen) atoms. The molecule has 2 heterocycles. The molecule has 5 rings (SSSR count). The summed E-state index contributed by atoms with van der Waals surface area (Å²) >= 11 is 7.90. The summed E-state index contributed by atoms with van der Waals surface area (Å²) in [6.45, 7) is 0. The van der Waals surface area contributed by atoms with Gasteiger partial charge in [0.1, 0.15) is 0 Å².